The molecule has 1 spiro atoms. The standard InChI is InChI=1S/C27H36N10O3/c1-36-11-5-6-19(36)15-40-23-12-22(37-14-18(34-35-37)13-30-17-31-16-28)32-26(33-23)24(29)20-7-4-10-27(25(20)39)9-3-2-8-21(27)38/h12,14,16-17,19H,2-11,13,15,29H2,1H3,(H2,28,30,31)/b24-20-/t19-,27+/m0/s1. The van der Waals surface area contributed by atoms with Crippen molar-refractivity contribution in [2.75, 3.05) is 20.2 Å². The highest BCUT2D eigenvalue weighted by Gasteiger charge is 2.49. The molecule has 0 amide bonds. The van der Waals surface area contributed by atoms with Gasteiger partial charge >= 0.3 is 0 Å². The summed E-state index contributed by atoms with van der Waals surface area (Å²) in [4.78, 5) is 46.1. The van der Waals surface area contributed by atoms with Crippen LogP contribution in [0.4, 0.5) is 0 Å². The van der Waals surface area contributed by atoms with Crippen molar-refractivity contribution in [3.8, 4) is 11.7 Å². The molecule has 2 aliphatic carbocycles. The molecule has 0 radical (unpaired) electrons. The minimum atomic E-state index is -0.963. The summed E-state index contributed by atoms with van der Waals surface area (Å²) >= 11 is 0. The van der Waals surface area contributed by atoms with Gasteiger partial charge in [-0.25, -0.2) is 14.7 Å². The number of ether oxygens (including phenoxy) is 1. The van der Waals surface area contributed by atoms with Crippen LogP contribution >= 0.6 is 0 Å². The molecule has 4 N–H and O–H groups in total. The van der Waals surface area contributed by atoms with E-state index < -0.39 is 5.41 Å². The van der Waals surface area contributed by atoms with Crippen LogP contribution in [0.5, 0.6) is 5.88 Å². The van der Waals surface area contributed by atoms with E-state index in [0.717, 1.165) is 38.6 Å². The molecule has 13 heteroatoms. The third-order valence-corrected chi connectivity index (χ3v) is 8.14. The Hall–Kier alpha value is -4.00. The molecule has 0 bridgehead atoms. The van der Waals surface area contributed by atoms with Crippen LogP contribution in [-0.4, -0.2) is 80.3 Å². The number of aromatic nitrogens is 5. The highest BCUT2D eigenvalue weighted by molar-refractivity contribution is 6.17. The summed E-state index contributed by atoms with van der Waals surface area (Å²) in [6.07, 6.45) is 10.8. The van der Waals surface area contributed by atoms with Gasteiger partial charge in [-0.3, -0.25) is 14.6 Å². The summed E-state index contributed by atoms with van der Waals surface area (Å²) in [5.74, 6) is 0.734. The Morgan fingerprint density at radius 2 is 2.05 bits per heavy atom. The van der Waals surface area contributed by atoms with Crippen LogP contribution < -0.4 is 16.2 Å². The molecular weight excluding hydrogens is 512 g/mol. The van der Waals surface area contributed by atoms with E-state index in [1.807, 2.05) is 0 Å². The van der Waals surface area contributed by atoms with E-state index in [9.17, 15) is 9.59 Å². The fourth-order valence-corrected chi connectivity index (χ4v) is 5.87. The Kier molecular flexibility index (Phi) is 8.29. The maximum absolute atomic E-state index is 13.7. The summed E-state index contributed by atoms with van der Waals surface area (Å²) in [5, 5.41) is 8.34. The van der Waals surface area contributed by atoms with Crippen molar-refractivity contribution in [3.05, 3.63) is 29.4 Å². The molecule has 13 nitrogen and oxygen atoms in total. The highest BCUT2D eigenvalue weighted by Crippen LogP contribution is 2.45. The lowest BCUT2D eigenvalue weighted by Crippen LogP contribution is -2.45. The molecule has 3 heterocycles. The van der Waals surface area contributed by atoms with Gasteiger partial charge in [-0.2, -0.15) is 4.98 Å². The van der Waals surface area contributed by atoms with Gasteiger partial charge in [0, 0.05) is 24.1 Å². The van der Waals surface area contributed by atoms with Crippen LogP contribution in [-0.2, 0) is 16.1 Å². The number of aliphatic imine (C=N–C) groups is 2. The second kappa shape index (κ2) is 12.0. The Balaban J connectivity index is 1.48. The molecule has 2 aromatic rings. The second-order valence-electron chi connectivity index (χ2n) is 10.7. The fraction of sp³-hybridized carbons (Fsp3) is 0.556. The van der Waals surface area contributed by atoms with Crippen molar-refractivity contribution < 1.29 is 14.3 Å². The van der Waals surface area contributed by atoms with Gasteiger partial charge < -0.3 is 21.1 Å². The number of rotatable bonds is 8. The van der Waals surface area contributed by atoms with E-state index in [0.29, 0.717) is 61.7 Å². The lowest BCUT2D eigenvalue weighted by Gasteiger charge is -2.38. The van der Waals surface area contributed by atoms with E-state index in [1.54, 1.807) is 12.3 Å². The predicted molar refractivity (Wildman–Crippen MR) is 149 cm³/mol. The molecular formula is C27H36N10O3. The van der Waals surface area contributed by atoms with Crippen LogP contribution in [0.25, 0.3) is 11.5 Å². The van der Waals surface area contributed by atoms with Crippen LogP contribution in [0.3, 0.4) is 0 Å². The van der Waals surface area contributed by atoms with Crippen LogP contribution in [0.15, 0.2) is 27.8 Å². The van der Waals surface area contributed by atoms with Gasteiger partial charge in [-0.1, -0.05) is 11.6 Å². The molecule has 1 aliphatic heterocycles. The first kappa shape index (κ1) is 27.6. The van der Waals surface area contributed by atoms with Gasteiger partial charge in [0.2, 0.25) is 5.88 Å². The zero-order valence-corrected chi connectivity index (χ0v) is 22.8. The molecule has 3 aliphatic rings. The first-order valence-electron chi connectivity index (χ1n) is 13.8. The first-order valence-corrected chi connectivity index (χ1v) is 13.8. The quantitative estimate of drug-likeness (QED) is 0.213. The molecule has 40 heavy (non-hydrogen) atoms. The molecule has 0 unspecified atom stereocenters. The van der Waals surface area contributed by atoms with Crippen molar-refractivity contribution in [1.29, 1.82) is 0 Å². The van der Waals surface area contributed by atoms with Crippen LogP contribution in [0, 0.1) is 5.41 Å². The van der Waals surface area contributed by atoms with E-state index >= 15 is 0 Å². The lowest BCUT2D eigenvalue weighted by atomic mass is 9.62. The van der Waals surface area contributed by atoms with Gasteiger partial charge in [0.25, 0.3) is 0 Å². The van der Waals surface area contributed by atoms with Gasteiger partial charge in [0.15, 0.2) is 17.4 Å². The van der Waals surface area contributed by atoms with Crippen molar-refractivity contribution in [2.24, 2.45) is 26.9 Å². The summed E-state index contributed by atoms with van der Waals surface area (Å²) in [6, 6.07) is 1.95. The van der Waals surface area contributed by atoms with Crippen LogP contribution in [0.1, 0.15) is 69.3 Å². The average Bonchev–Trinajstić information content (AvgIpc) is 3.61. The molecule has 3 fully saturated rings. The molecule has 212 valence electrons. The number of carbonyl (C=O) groups excluding carboxylic acids is 2. The van der Waals surface area contributed by atoms with Crippen LogP contribution in [0.2, 0.25) is 0 Å². The molecule has 2 atom stereocenters. The second-order valence-corrected chi connectivity index (χ2v) is 10.7. The number of likely N-dealkylation sites (N-methyl/N-ethyl adjacent to an activating group) is 1. The number of nitrogens with two attached hydrogens (primary N) is 2. The van der Waals surface area contributed by atoms with Gasteiger partial charge in [-0.15, -0.1) is 5.10 Å². The van der Waals surface area contributed by atoms with Crippen molar-refractivity contribution in [1.82, 2.24) is 29.9 Å². The van der Waals surface area contributed by atoms with Crippen molar-refractivity contribution in [3.63, 3.8) is 0 Å². The Morgan fingerprint density at radius 3 is 2.83 bits per heavy atom. The third kappa shape index (κ3) is 5.64. The largest absolute Gasteiger partial charge is 0.476 e. The maximum Gasteiger partial charge on any atom is 0.219 e. The van der Waals surface area contributed by atoms with E-state index in [4.69, 9.17) is 16.2 Å². The van der Waals surface area contributed by atoms with Crippen molar-refractivity contribution >= 4 is 29.9 Å². The summed E-state index contributed by atoms with van der Waals surface area (Å²) in [6.45, 7) is 1.73. The third-order valence-electron chi connectivity index (χ3n) is 8.14. The topological polar surface area (TPSA) is 180 Å². The molecule has 0 aromatic carbocycles. The average molecular weight is 549 g/mol. The van der Waals surface area contributed by atoms with E-state index in [2.05, 4.69) is 42.2 Å². The number of hydrogen-bond donors (Lipinski definition) is 2. The molecule has 2 aromatic heterocycles. The number of nitrogens with zero attached hydrogens (tertiary/aromatic N) is 8. The smallest absolute Gasteiger partial charge is 0.219 e. The van der Waals surface area contributed by atoms with Gasteiger partial charge in [-0.05, 0) is 58.5 Å². The van der Waals surface area contributed by atoms with Gasteiger partial charge in [0.05, 0.1) is 30.2 Å². The predicted octanol–water partition coefficient (Wildman–Crippen LogP) is 1.60. The number of hydrogen-bond acceptors (Lipinski definition) is 10. The van der Waals surface area contributed by atoms with Crippen molar-refractivity contribution in [2.45, 2.75) is 70.4 Å². The molecule has 5 rings (SSSR count). The molecule has 1 saturated heterocycles. The van der Waals surface area contributed by atoms with E-state index in [1.165, 1.54) is 11.0 Å². The summed E-state index contributed by atoms with van der Waals surface area (Å²) in [5.41, 5.74) is 12.1. The summed E-state index contributed by atoms with van der Waals surface area (Å²) in [7, 11) is 2.08. The normalized spacial score (nSPS) is 25.5. The minimum absolute atomic E-state index is 0.0306. The Labute approximate surface area is 232 Å². The Morgan fingerprint density at radius 1 is 1.20 bits per heavy atom. The number of allylic oxidation sites excluding steroid dienone is 1. The number of carbonyl (C=O) groups is 2. The minimum Gasteiger partial charge on any atom is -0.476 e. The zero-order chi connectivity index (χ0) is 28.1. The number of ketones is 2. The molecule has 2 saturated carbocycles. The number of likely N-dealkylation sites (tertiary alicyclic amines) is 1. The number of Topliss-reactive ketones (excluding diaryl/α,β-unsaturated/α-hetero) is 2. The Bertz CT molecular complexity index is 1350. The summed E-state index contributed by atoms with van der Waals surface area (Å²) < 4.78 is 7.62. The first-order chi connectivity index (χ1) is 19.4. The lowest BCUT2D eigenvalue weighted by molar-refractivity contribution is -0.143. The maximum atomic E-state index is 13.7. The van der Waals surface area contributed by atoms with E-state index in [-0.39, 0.29) is 35.7 Å². The van der Waals surface area contributed by atoms with Gasteiger partial charge in [0.1, 0.15) is 24.4 Å². The SMILES string of the molecule is CN1CCC[C@H]1COc1cc(-n2cc(CN=CN=CN)nn2)nc(/C(N)=C2\CCC[C@@]3(CCCCC3=O)C2=O)n1. The zero-order valence-electron chi connectivity index (χ0n) is 22.8. The monoisotopic (exact) mass is 548 g/mol. The fourth-order valence-electron chi connectivity index (χ4n) is 5.87. The highest BCUT2D eigenvalue weighted by atomic mass is 16.5.